The molecule has 0 atom stereocenters. The average Bonchev–Trinajstić information content (AvgIpc) is 2.69. The summed E-state index contributed by atoms with van der Waals surface area (Å²) >= 11 is 0. The molecule has 0 amide bonds. The van der Waals surface area contributed by atoms with Gasteiger partial charge in [0.1, 0.15) is 25.2 Å². The number of carbonyl (C=O) groups is 3. The molecule has 0 saturated heterocycles. The molecule has 1 rings (SSSR count). The third-order valence-corrected chi connectivity index (χ3v) is 1.78. The quantitative estimate of drug-likeness (QED) is 0.365. The Labute approximate surface area is 97.7 Å². The highest BCUT2D eigenvalue weighted by atomic mass is 16.7. The molecule has 0 spiro atoms. The molecule has 7 heteroatoms. The highest BCUT2D eigenvalue weighted by Gasteiger charge is 2.14. The highest BCUT2D eigenvalue weighted by molar-refractivity contribution is 5.95. The van der Waals surface area contributed by atoms with Crippen LogP contribution in [-0.4, -0.2) is 43.6 Å². The lowest BCUT2D eigenvalue weighted by molar-refractivity contribution is -0.166. The van der Waals surface area contributed by atoms with Crippen molar-refractivity contribution in [3.05, 3.63) is 0 Å². The fourth-order valence-electron chi connectivity index (χ4n) is 1.08. The molecule has 17 heavy (non-hydrogen) atoms. The van der Waals surface area contributed by atoms with E-state index in [1.165, 1.54) is 6.92 Å². The molecule has 0 bridgehead atoms. The maximum absolute atomic E-state index is 11.2. The Morgan fingerprint density at radius 3 is 2.59 bits per heavy atom. The van der Waals surface area contributed by atoms with E-state index in [1.807, 2.05) is 0 Å². The zero-order chi connectivity index (χ0) is 12.7. The SMILES string of the molecule is CC(=O)CC(=O)OCOC(=O)CC1=NCCO1. The van der Waals surface area contributed by atoms with Gasteiger partial charge in [-0.15, -0.1) is 0 Å². The van der Waals surface area contributed by atoms with E-state index in [0.29, 0.717) is 19.0 Å². The maximum Gasteiger partial charge on any atom is 0.318 e. The number of aliphatic imine (C=N–C) groups is 1. The van der Waals surface area contributed by atoms with Crippen molar-refractivity contribution in [1.82, 2.24) is 0 Å². The first-order valence-corrected chi connectivity index (χ1v) is 5.04. The number of ketones is 1. The number of hydrogen-bond donors (Lipinski definition) is 0. The lowest BCUT2D eigenvalue weighted by Gasteiger charge is -2.05. The number of nitrogens with zero attached hydrogens (tertiary/aromatic N) is 1. The van der Waals surface area contributed by atoms with Crippen molar-refractivity contribution < 1.29 is 28.6 Å². The standard InChI is InChI=1S/C10H13NO6/c1-7(12)4-9(13)16-6-17-10(14)5-8-11-2-3-15-8/h2-6H2,1H3. The molecule has 0 aromatic heterocycles. The van der Waals surface area contributed by atoms with Crippen LogP contribution in [-0.2, 0) is 28.6 Å². The molecule has 0 unspecified atom stereocenters. The second-order valence-corrected chi connectivity index (χ2v) is 3.33. The topological polar surface area (TPSA) is 91.3 Å². The molecule has 0 N–H and O–H groups in total. The van der Waals surface area contributed by atoms with Crippen molar-refractivity contribution in [2.24, 2.45) is 4.99 Å². The fraction of sp³-hybridized carbons (Fsp3) is 0.600. The zero-order valence-electron chi connectivity index (χ0n) is 9.43. The Hall–Kier alpha value is -1.92. The lowest BCUT2D eigenvalue weighted by atomic mass is 10.3. The molecule has 0 aliphatic carbocycles. The van der Waals surface area contributed by atoms with Crippen LogP contribution >= 0.6 is 0 Å². The molecule has 1 aliphatic heterocycles. The van der Waals surface area contributed by atoms with E-state index in [-0.39, 0.29) is 18.6 Å². The van der Waals surface area contributed by atoms with Crippen LogP contribution in [0.2, 0.25) is 0 Å². The Balaban J connectivity index is 2.11. The van der Waals surface area contributed by atoms with Crippen molar-refractivity contribution in [2.75, 3.05) is 19.9 Å². The molecule has 94 valence electrons. The smallest absolute Gasteiger partial charge is 0.318 e. The van der Waals surface area contributed by atoms with Gasteiger partial charge in [-0.05, 0) is 6.92 Å². The van der Waals surface area contributed by atoms with E-state index in [4.69, 9.17) is 4.74 Å². The van der Waals surface area contributed by atoms with Gasteiger partial charge >= 0.3 is 11.9 Å². The molecule has 0 aromatic carbocycles. The van der Waals surface area contributed by atoms with Crippen LogP contribution in [0.25, 0.3) is 0 Å². The molecular formula is C10H13NO6. The Kier molecular flexibility index (Phi) is 5.12. The van der Waals surface area contributed by atoms with Crippen molar-refractivity contribution in [2.45, 2.75) is 19.8 Å². The first-order valence-electron chi connectivity index (χ1n) is 5.04. The molecule has 0 aromatic rings. The third-order valence-electron chi connectivity index (χ3n) is 1.78. The first-order chi connectivity index (χ1) is 8.08. The summed E-state index contributed by atoms with van der Waals surface area (Å²) in [6.07, 6.45) is -0.405. The van der Waals surface area contributed by atoms with Crippen molar-refractivity contribution >= 4 is 23.6 Å². The highest BCUT2D eigenvalue weighted by Crippen LogP contribution is 2.00. The minimum absolute atomic E-state index is 0.0791. The largest absolute Gasteiger partial charge is 0.479 e. The van der Waals surface area contributed by atoms with Crippen molar-refractivity contribution in [3.63, 3.8) is 0 Å². The van der Waals surface area contributed by atoms with Gasteiger partial charge in [-0.3, -0.25) is 19.4 Å². The fourth-order valence-corrected chi connectivity index (χ4v) is 1.08. The second kappa shape index (κ2) is 6.62. The van der Waals surface area contributed by atoms with E-state index in [9.17, 15) is 14.4 Å². The van der Waals surface area contributed by atoms with E-state index >= 15 is 0 Å². The van der Waals surface area contributed by atoms with Gasteiger partial charge in [-0.2, -0.15) is 0 Å². The normalized spacial score (nSPS) is 13.6. The van der Waals surface area contributed by atoms with Crippen LogP contribution in [0, 0.1) is 0 Å². The zero-order valence-corrected chi connectivity index (χ0v) is 9.43. The van der Waals surface area contributed by atoms with Gasteiger partial charge < -0.3 is 14.2 Å². The molecule has 1 heterocycles. The Morgan fingerprint density at radius 1 is 1.29 bits per heavy atom. The maximum atomic E-state index is 11.2. The Bertz CT molecular complexity index is 349. The summed E-state index contributed by atoms with van der Waals surface area (Å²) in [4.78, 5) is 36.5. The number of carbonyl (C=O) groups excluding carboxylic acids is 3. The molecule has 7 nitrogen and oxygen atoms in total. The van der Waals surface area contributed by atoms with Crippen LogP contribution < -0.4 is 0 Å². The van der Waals surface area contributed by atoms with Gasteiger partial charge in [0.25, 0.3) is 0 Å². The van der Waals surface area contributed by atoms with Crippen LogP contribution in [0.15, 0.2) is 4.99 Å². The molecule has 0 saturated carbocycles. The summed E-state index contributed by atoms with van der Waals surface area (Å²) in [6.45, 7) is 1.77. The van der Waals surface area contributed by atoms with Gasteiger partial charge in [0, 0.05) is 0 Å². The minimum Gasteiger partial charge on any atom is -0.479 e. The van der Waals surface area contributed by atoms with Gasteiger partial charge in [0.2, 0.25) is 6.79 Å². The summed E-state index contributed by atoms with van der Waals surface area (Å²) in [5.74, 6) is -1.30. The first kappa shape index (κ1) is 13.1. The predicted octanol–water partition coefficient (Wildman–Crippen LogP) is -0.172. The number of rotatable bonds is 6. The van der Waals surface area contributed by atoms with E-state index < -0.39 is 18.7 Å². The van der Waals surface area contributed by atoms with E-state index in [1.54, 1.807) is 0 Å². The molecular weight excluding hydrogens is 230 g/mol. The van der Waals surface area contributed by atoms with E-state index in [0.717, 1.165) is 0 Å². The summed E-state index contributed by atoms with van der Waals surface area (Å²) < 4.78 is 14.1. The van der Waals surface area contributed by atoms with Crippen LogP contribution in [0.3, 0.4) is 0 Å². The summed E-state index contributed by atoms with van der Waals surface area (Å²) in [7, 11) is 0. The number of Topliss-reactive ketones (excluding diaryl/α,β-unsaturated/α-hetero) is 1. The van der Waals surface area contributed by atoms with Crippen LogP contribution in [0.1, 0.15) is 19.8 Å². The summed E-state index contributed by atoms with van der Waals surface area (Å²) in [5, 5.41) is 0. The monoisotopic (exact) mass is 243 g/mol. The Morgan fingerprint density at radius 2 is 2.00 bits per heavy atom. The number of ether oxygens (including phenoxy) is 3. The van der Waals surface area contributed by atoms with Crippen LogP contribution in [0.5, 0.6) is 0 Å². The average molecular weight is 243 g/mol. The second-order valence-electron chi connectivity index (χ2n) is 3.33. The lowest BCUT2D eigenvalue weighted by Crippen LogP contribution is -2.16. The van der Waals surface area contributed by atoms with E-state index in [2.05, 4.69) is 14.5 Å². The molecule has 0 radical (unpaired) electrons. The van der Waals surface area contributed by atoms with Crippen LogP contribution in [0.4, 0.5) is 0 Å². The predicted molar refractivity (Wildman–Crippen MR) is 55.2 cm³/mol. The summed E-state index contributed by atoms with van der Waals surface area (Å²) in [5.41, 5.74) is 0. The molecule has 1 aliphatic rings. The third kappa shape index (κ3) is 5.64. The van der Waals surface area contributed by atoms with Gasteiger partial charge in [0.15, 0.2) is 5.90 Å². The van der Waals surface area contributed by atoms with Crippen molar-refractivity contribution in [1.29, 1.82) is 0 Å². The number of hydrogen-bond acceptors (Lipinski definition) is 7. The molecule has 0 fully saturated rings. The number of esters is 2. The summed E-state index contributed by atoms with van der Waals surface area (Å²) in [6, 6.07) is 0. The van der Waals surface area contributed by atoms with Crippen molar-refractivity contribution in [3.8, 4) is 0 Å². The minimum atomic E-state index is -0.722. The van der Waals surface area contributed by atoms with Gasteiger partial charge in [-0.25, -0.2) is 0 Å². The van der Waals surface area contributed by atoms with Gasteiger partial charge in [0.05, 0.1) is 6.54 Å². The van der Waals surface area contributed by atoms with Gasteiger partial charge in [-0.1, -0.05) is 0 Å².